The van der Waals surface area contributed by atoms with Crippen LogP contribution in [-0.4, -0.2) is 35.8 Å². The van der Waals surface area contributed by atoms with Crippen LogP contribution in [0, 0.1) is 17.7 Å². The lowest BCUT2D eigenvalue weighted by molar-refractivity contribution is -0.128. The first-order valence-corrected chi connectivity index (χ1v) is 14.1. The third kappa shape index (κ3) is 3.63. The van der Waals surface area contributed by atoms with E-state index in [1.165, 1.54) is 6.07 Å². The average Bonchev–Trinajstić information content (AvgIpc) is 3.63. The van der Waals surface area contributed by atoms with Gasteiger partial charge in [0.2, 0.25) is 11.8 Å². The van der Waals surface area contributed by atoms with Gasteiger partial charge in [-0.3, -0.25) is 14.5 Å². The summed E-state index contributed by atoms with van der Waals surface area (Å²) in [7, 11) is 0. The number of hydrogen-bond donors (Lipinski definition) is 2. The summed E-state index contributed by atoms with van der Waals surface area (Å²) in [6.45, 7) is 1.14. The maximum atomic E-state index is 16.0. The molecule has 0 bridgehead atoms. The van der Waals surface area contributed by atoms with Gasteiger partial charge in [-0.2, -0.15) is 0 Å². The van der Waals surface area contributed by atoms with Gasteiger partial charge in [0.1, 0.15) is 11.4 Å². The number of amides is 2. The molecule has 0 radical (unpaired) electrons. The Hall–Kier alpha value is -3.13. The van der Waals surface area contributed by atoms with Crippen molar-refractivity contribution in [2.24, 2.45) is 11.8 Å². The van der Waals surface area contributed by atoms with E-state index in [0.717, 1.165) is 24.1 Å². The quantitative estimate of drug-likeness (QED) is 0.393. The Bertz CT molecular complexity index is 1510. The Balaban J connectivity index is 1.47. The highest BCUT2D eigenvalue weighted by molar-refractivity contribution is 6.31. The standard InChI is InChI=1S/C30H27Cl2FN4O2/c31-17-6-11-21-23(14-17)35-29(39)30(21)26(20-2-1-3-22(32)27(20)33)25-24(37(30)15-16-4-5-16)12-13-36(28(25)38)19-9-7-18(34)8-10-19/h1-3,6-11,14,16,24-26H,4-5,12-13,15,34H2,(H,35,39)/t24-,25+,26?,30?/m0/s1. The van der Waals surface area contributed by atoms with Gasteiger partial charge in [-0.05, 0) is 73.2 Å². The van der Waals surface area contributed by atoms with Gasteiger partial charge >= 0.3 is 0 Å². The number of benzene rings is 3. The zero-order chi connectivity index (χ0) is 27.1. The minimum absolute atomic E-state index is 0.0340. The van der Waals surface area contributed by atoms with Crippen LogP contribution in [0.25, 0.3) is 0 Å². The molecule has 1 spiro atoms. The first-order chi connectivity index (χ1) is 18.8. The molecule has 3 aliphatic heterocycles. The molecule has 3 aromatic carbocycles. The number of halogens is 3. The number of anilines is 3. The normalized spacial score (nSPS) is 28.1. The fraction of sp³-hybridized carbons (Fsp3) is 0.333. The molecule has 3 fully saturated rings. The molecule has 2 amide bonds. The van der Waals surface area contributed by atoms with Gasteiger partial charge in [0.05, 0.1) is 10.9 Å². The van der Waals surface area contributed by atoms with E-state index in [4.69, 9.17) is 28.9 Å². The van der Waals surface area contributed by atoms with Crippen LogP contribution >= 0.6 is 23.2 Å². The molecule has 2 unspecified atom stereocenters. The van der Waals surface area contributed by atoms with Crippen LogP contribution in [0.1, 0.15) is 36.3 Å². The molecule has 3 heterocycles. The van der Waals surface area contributed by atoms with Crippen LogP contribution in [-0.2, 0) is 15.1 Å². The van der Waals surface area contributed by atoms with E-state index in [2.05, 4.69) is 10.2 Å². The van der Waals surface area contributed by atoms with Gasteiger partial charge in [0, 0.05) is 52.7 Å². The van der Waals surface area contributed by atoms with Crippen molar-refractivity contribution in [2.75, 3.05) is 29.0 Å². The number of nitrogen functional groups attached to an aromatic ring is 1. The second-order valence-corrected chi connectivity index (χ2v) is 11.9. The predicted octanol–water partition coefficient (Wildman–Crippen LogP) is 5.79. The van der Waals surface area contributed by atoms with Crippen LogP contribution in [0.15, 0.2) is 60.7 Å². The second kappa shape index (κ2) is 8.95. The molecule has 3 aromatic rings. The molecular formula is C30H27Cl2FN4O2. The van der Waals surface area contributed by atoms with Crippen molar-refractivity contribution in [1.29, 1.82) is 0 Å². The number of nitrogens with one attached hydrogen (secondary N) is 1. The molecular weight excluding hydrogens is 538 g/mol. The third-order valence-electron chi connectivity index (χ3n) is 8.94. The van der Waals surface area contributed by atoms with Crippen molar-refractivity contribution in [2.45, 2.75) is 36.8 Å². The molecule has 39 heavy (non-hydrogen) atoms. The SMILES string of the molecule is Nc1ccc(N2CC[C@H]3[C@@H](C2=O)C(c2cccc(Cl)c2F)C2(C(=O)Nc4cc(Cl)ccc42)N3CC2CC2)cc1. The smallest absolute Gasteiger partial charge is 0.250 e. The first kappa shape index (κ1) is 24.9. The number of piperidine rings is 1. The number of likely N-dealkylation sites (tertiary alicyclic amines) is 1. The molecule has 1 saturated carbocycles. The van der Waals surface area contributed by atoms with E-state index >= 15 is 4.39 Å². The molecule has 200 valence electrons. The average molecular weight is 565 g/mol. The highest BCUT2D eigenvalue weighted by Crippen LogP contribution is 2.62. The lowest BCUT2D eigenvalue weighted by Gasteiger charge is -2.40. The van der Waals surface area contributed by atoms with Crippen molar-refractivity contribution in [1.82, 2.24) is 4.90 Å². The van der Waals surface area contributed by atoms with E-state index in [9.17, 15) is 9.59 Å². The number of hydrogen-bond acceptors (Lipinski definition) is 4. The minimum atomic E-state index is -1.28. The molecule has 9 heteroatoms. The topological polar surface area (TPSA) is 78.7 Å². The van der Waals surface area contributed by atoms with E-state index in [-0.39, 0.29) is 28.4 Å². The number of nitrogens with zero attached hydrogens (tertiary/aromatic N) is 2. The number of carbonyl (C=O) groups is 2. The van der Waals surface area contributed by atoms with Gasteiger partial charge in [-0.15, -0.1) is 0 Å². The van der Waals surface area contributed by atoms with Crippen molar-refractivity contribution < 1.29 is 14.0 Å². The molecule has 4 aliphatic rings. The summed E-state index contributed by atoms with van der Waals surface area (Å²) in [5.41, 5.74) is 7.57. The summed E-state index contributed by atoms with van der Waals surface area (Å²) in [4.78, 5) is 32.8. The van der Waals surface area contributed by atoms with E-state index in [1.54, 1.807) is 41.3 Å². The van der Waals surface area contributed by atoms with Crippen molar-refractivity contribution >= 4 is 52.1 Å². The molecule has 1 aliphatic carbocycles. The highest BCUT2D eigenvalue weighted by atomic mass is 35.5. The fourth-order valence-corrected chi connectivity index (χ4v) is 7.50. The van der Waals surface area contributed by atoms with Crippen LogP contribution in [0.5, 0.6) is 0 Å². The molecule has 3 N–H and O–H groups in total. The van der Waals surface area contributed by atoms with Crippen molar-refractivity contribution in [3.63, 3.8) is 0 Å². The number of rotatable bonds is 4. The van der Waals surface area contributed by atoms with Gasteiger partial charge in [0.25, 0.3) is 0 Å². The van der Waals surface area contributed by atoms with E-state index in [1.807, 2.05) is 18.2 Å². The Labute approximate surface area is 235 Å². The van der Waals surface area contributed by atoms with Crippen molar-refractivity contribution in [3.05, 3.63) is 87.7 Å². The predicted molar refractivity (Wildman–Crippen MR) is 150 cm³/mol. The summed E-state index contributed by atoms with van der Waals surface area (Å²) in [5.74, 6) is -2.02. The summed E-state index contributed by atoms with van der Waals surface area (Å²) < 4.78 is 16.0. The number of fused-ring (bicyclic) bond motifs is 3. The number of carbonyl (C=O) groups excluding carboxylic acids is 2. The lowest BCUT2D eigenvalue weighted by atomic mass is 9.70. The third-order valence-corrected chi connectivity index (χ3v) is 9.46. The molecule has 4 atom stereocenters. The van der Waals surface area contributed by atoms with E-state index < -0.39 is 23.2 Å². The first-order valence-electron chi connectivity index (χ1n) is 13.3. The summed E-state index contributed by atoms with van der Waals surface area (Å²) >= 11 is 12.6. The Morgan fingerprint density at radius 2 is 1.79 bits per heavy atom. The number of nitrogens with two attached hydrogens (primary N) is 1. The van der Waals surface area contributed by atoms with Crippen LogP contribution in [0.2, 0.25) is 10.0 Å². The van der Waals surface area contributed by atoms with Gasteiger partial charge in [-0.25, -0.2) is 4.39 Å². The van der Waals surface area contributed by atoms with Crippen molar-refractivity contribution in [3.8, 4) is 0 Å². The molecule has 6 nitrogen and oxygen atoms in total. The van der Waals surface area contributed by atoms with Gasteiger partial charge in [-0.1, -0.05) is 41.4 Å². The molecule has 0 aromatic heterocycles. The molecule has 2 saturated heterocycles. The Kier molecular flexibility index (Phi) is 5.71. The maximum Gasteiger partial charge on any atom is 0.250 e. The lowest BCUT2D eigenvalue weighted by Crippen LogP contribution is -2.54. The Morgan fingerprint density at radius 1 is 1.03 bits per heavy atom. The maximum absolute atomic E-state index is 16.0. The summed E-state index contributed by atoms with van der Waals surface area (Å²) in [6.07, 6.45) is 2.78. The fourth-order valence-electron chi connectivity index (χ4n) is 7.14. The van der Waals surface area contributed by atoms with Crippen LogP contribution < -0.4 is 16.0 Å². The summed E-state index contributed by atoms with van der Waals surface area (Å²) in [5, 5.41) is 3.50. The molecule has 7 rings (SSSR count). The monoisotopic (exact) mass is 564 g/mol. The zero-order valence-corrected chi connectivity index (χ0v) is 22.6. The van der Waals surface area contributed by atoms with Gasteiger partial charge in [0.15, 0.2) is 0 Å². The van der Waals surface area contributed by atoms with Crippen LogP contribution in [0.3, 0.4) is 0 Å². The highest BCUT2D eigenvalue weighted by Gasteiger charge is 2.70. The minimum Gasteiger partial charge on any atom is -0.399 e. The van der Waals surface area contributed by atoms with Crippen LogP contribution in [0.4, 0.5) is 21.5 Å². The van der Waals surface area contributed by atoms with E-state index in [0.29, 0.717) is 41.8 Å². The van der Waals surface area contributed by atoms with Gasteiger partial charge < -0.3 is 16.0 Å². The largest absolute Gasteiger partial charge is 0.399 e. The second-order valence-electron chi connectivity index (χ2n) is 11.1. The summed E-state index contributed by atoms with van der Waals surface area (Å²) in [6, 6.07) is 17.1. The Morgan fingerprint density at radius 3 is 2.54 bits per heavy atom. The zero-order valence-electron chi connectivity index (χ0n) is 21.0.